The molecule has 0 radical (unpaired) electrons. The predicted octanol–water partition coefficient (Wildman–Crippen LogP) is 2.72. The van der Waals surface area contributed by atoms with Crippen molar-refractivity contribution in [1.29, 1.82) is 0 Å². The summed E-state index contributed by atoms with van der Waals surface area (Å²) in [6.07, 6.45) is 0. The summed E-state index contributed by atoms with van der Waals surface area (Å²) in [4.78, 5) is 22.6. The molecule has 3 rings (SSSR count). The van der Waals surface area contributed by atoms with E-state index in [1.165, 1.54) is 18.2 Å². The number of benzene rings is 2. The molecule has 3 aromatic rings. The summed E-state index contributed by atoms with van der Waals surface area (Å²) < 4.78 is 0. The molecule has 7 heteroatoms. The third kappa shape index (κ3) is 2.32. The number of aromatic amines is 1. The Morgan fingerprint density at radius 3 is 2.67 bits per heavy atom. The lowest BCUT2D eigenvalue weighted by atomic mass is 10.1. The second kappa shape index (κ2) is 5.04. The second-order valence-corrected chi connectivity index (χ2v) is 4.35. The number of H-pyrrole nitrogens is 1. The smallest absolute Gasteiger partial charge is 0.282 e. The number of hydrogen-bond donors (Lipinski definition) is 2. The zero-order valence-corrected chi connectivity index (χ0v) is 10.7. The summed E-state index contributed by atoms with van der Waals surface area (Å²) in [5, 5.41) is 21.1. The highest BCUT2D eigenvalue weighted by molar-refractivity contribution is 6.09. The van der Waals surface area contributed by atoms with E-state index in [1.807, 2.05) is 18.2 Å². The van der Waals surface area contributed by atoms with Crippen LogP contribution >= 0.6 is 0 Å². The highest BCUT2D eigenvalue weighted by Crippen LogP contribution is 2.22. The zero-order valence-electron chi connectivity index (χ0n) is 10.7. The number of carbonyl (C=O) groups is 1. The number of aromatic nitrogens is 2. The van der Waals surface area contributed by atoms with Gasteiger partial charge in [-0.3, -0.25) is 20.0 Å². The van der Waals surface area contributed by atoms with E-state index in [9.17, 15) is 14.9 Å². The molecular weight excluding hydrogens is 272 g/mol. The quantitative estimate of drug-likeness (QED) is 0.569. The maximum atomic E-state index is 12.2. The average Bonchev–Trinajstić information content (AvgIpc) is 2.90. The minimum Gasteiger partial charge on any atom is -0.304 e. The van der Waals surface area contributed by atoms with E-state index < -0.39 is 10.8 Å². The van der Waals surface area contributed by atoms with Crippen LogP contribution in [0.5, 0.6) is 0 Å². The van der Waals surface area contributed by atoms with Gasteiger partial charge in [-0.2, -0.15) is 5.10 Å². The van der Waals surface area contributed by atoms with Crippen LogP contribution in [0, 0.1) is 10.1 Å². The number of anilines is 1. The zero-order chi connectivity index (χ0) is 14.8. The van der Waals surface area contributed by atoms with Crippen LogP contribution in [0.25, 0.3) is 10.9 Å². The first-order chi connectivity index (χ1) is 10.2. The van der Waals surface area contributed by atoms with Crippen LogP contribution in [0.2, 0.25) is 0 Å². The van der Waals surface area contributed by atoms with Crippen molar-refractivity contribution in [3.05, 3.63) is 64.2 Å². The molecule has 0 spiro atoms. The normalized spacial score (nSPS) is 10.5. The third-order valence-electron chi connectivity index (χ3n) is 3.05. The molecule has 0 aliphatic heterocycles. The summed E-state index contributed by atoms with van der Waals surface area (Å²) in [7, 11) is 0. The first-order valence-electron chi connectivity index (χ1n) is 6.14. The van der Waals surface area contributed by atoms with Gasteiger partial charge in [-0.1, -0.05) is 24.3 Å². The van der Waals surface area contributed by atoms with E-state index in [0.29, 0.717) is 5.82 Å². The molecule has 0 aliphatic rings. The Balaban J connectivity index is 1.95. The molecule has 7 nitrogen and oxygen atoms in total. The molecule has 2 N–H and O–H groups in total. The first-order valence-corrected chi connectivity index (χ1v) is 6.14. The topological polar surface area (TPSA) is 101 Å². The van der Waals surface area contributed by atoms with Crippen LogP contribution in [0.15, 0.2) is 48.5 Å². The van der Waals surface area contributed by atoms with Gasteiger partial charge in [0.2, 0.25) is 0 Å². The van der Waals surface area contributed by atoms with Gasteiger partial charge in [0, 0.05) is 11.5 Å². The van der Waals surface area contributed by atoms with Crippen molar-refractivity contribution in [1.82, 2.24) is 10.2 Å². The fraction of sp³-hybridized carbons (Fsp3) is 0. The van der Waals surface area contributed by atoms with E-state index in [1.54, 1.807) is 12.1 Å². The Morgan fingerprint density at radius 2 is 1.86 bits per heavy atom. The monoisotopic (exact) mass is 282 g/mol. The van der Waals surface area contributed by atoms with E-state index >= 15 is 0 Å². The molecule has 0 bridgehead atoms. The van der Waals surface area contributed by atoms with Gasteiger partial charge in [-0.25, -0.2) is 0 Å². The largest absolute Gasteiger partial charge is 0.304 e. The maximum absolute atomic E-state index is 12.2. The number of nitrogens with zero attached hydrogens (tertiary/aromatic N) is 2. The molecule has 1 heterocycles. The van der Waals surface area contributed by atoms with Gasteiger partial charge in [0.15, 0.2) is 5.82 Å². The minimum atomic E-state index is -0.586. The standard InChI is InChI=1S/C14H10N4O3/c19-14(10-6-2-4-8-12(10)18(20)21)15-13-9-5-1-3-7-11(9)16-17-13/h1-8H,(H2,15,16,17,19). The number of carbonyl (C=O) groups excluding carboxylic acids is 1. The number of amides is 1. The van der Waals surface area contributed by atoms with Crippen LogP contribution < -0.4 is 5.32 Å². The molecule has 0 saturated heterocycles. The van der Waals surface area contributed by atoms with Crippen molar-refractivity contribution in [3.8, 4) is 0 Å². The van der Waals surface area contributed by atoms with E-state index in [0.717, 1.165) is 10.9 Å². The Hall–Kier alpha value is -3.22. The molecule has 1 amide bonds. The van der Waals surface area contributed by atoms with E-state index in [2.05, 4.69) is 15.5 Å². The molecular formula is C14H10N4O3. The fourth-order valence-corrected chi connectivity index (χ4v) is 2.06. The minimum absolute atomic E-state index is 0.00502. The van der Waals surface area contributed by atoms with Gasteiger partial charge in [-0.05, 0) is 18.2 Å². The maximum Gasteiger partial charge on any atom is 0.282 e. The van der Waals surface area contributed by atoms with Crippen LogP contribution in [-0.2, 0) is 0 Å². The molecule has 0 atom stereocenters. The van der Waals surface area contributed by atoms with Crippen LogP contribution in [0.1, 0.15) is 10.4 Å². The number of nitro benzene ring substituents is 1. The lowest BCUT2D eigenvalue weighted by molar-refractivity contribution is -0.385. The second-order valence-electron chi connectivity index (χ2n) is 4.35. The predicted molar refractivity (Wildman–Crippen MR) is 77.1 cm³/mol. The van der Waals surface area contributed by atoms with E-state index in [4.69, 9.17) is 0 Å². The number of rotatable bonds is 3. The van der Waals surface area contributed by atoms with Crippen molar-refractivity contribution < 1.29 is 9.72 Å². The van der Waals surface area contributed by atoms with Gasteiger partial charge >= 0.3 is 0 Å². The number of nitrogens with one attached hydrogen (secondary N) is 2. The molecule has 104 valence electrons. The third-order valence-corrected chi connectivity index (χ3v) is 3.05. The van der Waals surface area contributed by atoms with Gasteiger partial charge in [0.25, 0.3) is 11.6 Å². The first kappa shape index (κ1) is 12.8. The summed E-state index contributed by atoms with van der Waals surface area (Å²) in [5.74, 6) is -0.228. The number of nitro groups is 1. The SMILES string of the molecule is O=C(Nc1n[nH]c2ccccc12)c1ccccc1[N+](=O)[O-]. The van der Waals surface area contributed by atoms with Gasteiger partial charge in [0.1, 0.15) is 5.56 Å². The molecule has 0 saturated carbocycles. The number of hydrogen-bond acceptors (Lipinski definition) is 4. The van der Waals surface area contributed by atoms with Crippen molar-refractivity contribution in [2.45, 2.75) is 0 Å². The van der Waals surface area contributed by atoms with Crippen molar-refractivity contribution in [2.75, 3.05) is 5.32 Å². The molecule has 0 unspecified atom stereocenters. The Morgan fingerprint density at radius 1 is 1.14 bits per heavy atom. The molecule has 0 fully saturated rings. The van der Waals surface area contributed by atoms with Gasteiger partial charge in [-0.15, -0.1) is 0 Å². The molecule has 2 aromatic carbocycles. The summed E-state index contributed by atoms with van der Waals surface area (Å²) >= 11 is 0. The fourth-order valence-electron chi connectivity index (χ4n) is 2.06. The lowest BCUT2D eigenvalue weighted by Gasteiger charge is -2.03. The summed E-state index contributed by atoms with van der Waals surface area (Å²) in [6, 6.07) is 13.1. The van der Waals surface area contributed by atoms with Crippen molar-refractivity contribution >= 4 is 28.3 Å². The number of para-hydroxylation sites is 2. The Kier molecular flexibility index (Phi) is 3.07. The highest BCUT2D eigenvalue weighted by atomic mass is 16.6. The summed E-state index contributed by atoms with van der Waals surface area (Å²) in [5.41, 5.74) is 0.528. The van der Waals surface area contributed by atoms with Gasteiger partial charge in [0.05, 0.1) is 10.4 Å². The lowest BCUT2D eigenvalue weighted by Crippen LogP contribution is -2.14. The Labute approximate surface area is 118 Å². The molecule has 1 aromatic heterocycles. The van der Waals surface area contributed by atoms with Crippen LogP contribution in [0.4, 0.5) is 11.5 Å². The molecule has 21 heavy (non-hydrogen) atoms. The summed E-state index contributed by atoms with van der Waals surface area (Å²) in [6.45, 7) is 0. The van der Waals surface area contributed by atoms with Crippen molar-refractivity contribution in [2.24, 2.45) is 0 Å². The van der Waals surface area contributed by atoms with Gasteiger partial charge < -0.3 is 5.32 Å². The Bertz CT molecular complexity index is 841. The average molecular weight is 282 g/mol. The van der Waals surface area contributed by atoms with E-state index in [-0.39, 0.29) is 11.3 Å². The van der Waals surface area contributed by atoms with Crippen molar-refractivity contribution in [3.63, 3.8) is 0 Å². The van der Waals surface area contributed by atoms with Crippen LogP contribution in [0.3, 0.4) is 0 Å². The molecule has 0 aliphatic carbocycles. The van der Waals surface area contributed by atoms with Crippen LogP contribution in [-0.4, -0.2) is 21.0 Å². The highest BCUT2D eigenvalue weighted by Gasteiger charge is 2.20. The number of fused-ring (bicyclic) bond motifs is 1.